The van der Waals surface area contributed by atoms with Crippen molar-refractivity contribution in [3.8, 4) is 5.75 Å². The quantitative estimate of drug-likeness (QED) is 0.448. The van der Waals surface area contributed by atoms with E-state index in [4.69, 9.17) is 9.84 Å². The lowest BCUT2D eigenvalue weighted by molar-refractivity contribution is -0.242. The van der Waals surface area contributed by atoms with Gasteiger partial charge in [-0.1, -0.05) is 0 Å². The van der Waals surface area contributed by atoms with Crippen molar-refractivity contribution < 1.29 is 50.1 Å². The van der Waals surface area contributed by atoms with E-state index in [0.29, 0.717) is 13.8 Å². The molecule has 1 atom stereocenters. The molecule has 0 aromatic heterocycles. The van der Waals surface area contributed by atoms with Crippen LogP contribution in [0.25, 0.3) is 0 Å². The zero-order chi connectivity index (χ0) is 28.6. The molecule has 208 valence electrons. The molecule has 2 N–H and O–H groups in total. The van der Waals surface area contributed by atoms with Crippen molar-refractivity contribution in [2.45, 2.75) is 63.3 Å². The van der Waals surface area contributed by atoms with Gasteiger partial charge in [-0.25, -0.2) is 17.6 Å². The highest BCUT2D eigenvalue weighted by atomic mass is 32.2. The summed E-state index contributed by atoms with van der Waals surface area (Å²) < 4.78 is 92.0. The van der Waals surface area contributed by atoms with Crippen LogP contribution < -0.4 is 14.4 Å². The first-order valence-corrected chi connectivity index (χ1v) is 12.7. The Kier molecular flexibility index (Phi) is 7.87. The van der Waals surface area contributed by atoms with Crippen LogP contribution in [0.4, 0.5) is 33.7 Å². The van der Waals surface area contributed by atoms with Gasteiger partial charge in [-0.05, 0) is 75.6 Å². The molecule has 9 nitrogen and oxygen atoms in total. The molecule has 1 unspecified atom stereocenters. The largest absolute Gasteiger partial charge is 0.486 e. The van der Waals surface area contributed by atoms with Crippen LogP contribution >= 0.6 is 0 Å². The van der Waals surface area contributed by atoms with Crippen molar-refractivity contribution in [3.05, 3.63) is 47.3 Å². The average Bonchev–Trinajstić information content (AvgIpc) is 2.79. The Morgan fingerprint density at radius 3 is 2.32 bits per heavy atom. The molecule has 38 heavy (non-hydrogen) atoms. The lowest BCUT2D eigenvalue weighted by Gasteiger charge is -2.36. The Balaban J connectivity index is 2.00. The van der Waals surface area contributed by atoms with Crippen molar-refractivity contribution in [1.82, 2.24) is 0 Å². The van der Waals surface area contributed by atoms with E-state index in [0.717, 1.165) is 16.4 Å². The maximum atomic E-state index is 14.2. The predicted octanol–water partition coefficient (Wildman–Crippen LogP) is 5.15. The number of carboxylic acid groups (broad SMARTS) is 1. The Morgan fingerprint density at radius 2 is 1.76 bits per heavy atom. The first-order valence-electron chi connectivity index (χ1n) is 11.3. The predicted molar refractivity (Wildman–Crippen MR) is 128 cm³/mol. The maximum absolute atomic E-state index is 14.2. The van der Waals surface area contributed by atoms with E-state index < -0.39 is 45.8 Å². The Labute approximate surface area is 216 Å². The molecular formula is C24H26F4N2O7S. The number of anilines is 2. The Bertz CT molecular complexity index is 1340. The van der Waals surface area contributed by atoms with Crippen molar-refractivity contribution in [2.24, 2.45) is 0 Å². The molecule has 1 amide bonds. The summed E-state index contributed by atoms with van der Waals surface area (Å²) in [5, 5.41) is 11.2. The Morgan fingerprint density at radius 1 is 1.16 bits per heavy atom. The number of nitrogens with zero attached hydrogens (tertiary/aromatic N) is 1. The monoisotopic (exact) mass is 562 g/mol. The summed E-state index contributed by atoms with van der Waals surface area (Å²) in [6.45, 7) is 3.84. The van der Waals surface area contributed by atoms with Crippen molar-refractivity contribution in [3.63, 3.8) is 0 Å². The number of carbonyl (C=O) groups excluding carboxylic acids is 1. The summed E-state index contributed by atoms with van der Waals surface area (Å²) in [7, 11) is -4.36. The van der Waals surface area contributed by atoms with Crippen LogP contribution in [0.15, 0.2) is 35.2 Å². The molecule has 0 spiro atoms. The third-order valence-electron chi connectivity index (χ3n) is 5.85. The molecule has 3 rings (SSSR count). The minimum Gasteiger partial charge on any atom is -0.486 e. The molecule has 1 aliphatic heterocycles. The number of aryl methyl sites for hydroxylation is 2. The smallest absolute Gasteiger partial charge is 0.427 e. The third-order valence-corrected chi connectivity index (χ3v) is 7.60. The molecule has 0 saturated heterocycles. The van der Waals surface area contributed by atoms with Crippen LogP contribution in [-0.4, -0.2) is 50.0 Å². The number of ether oxygens (including phenoxy) is 2. The van der Waals surface area contributed by atoms with E-state index in [2.05, 4.69) is 10.1 Å². The number of sulfonamides is 1. The van der Waals surface area contributed by atoms with Gasteiger partial charge < -0.3 is 14.6 Å². The number of fused-ring (bicyclic) bond motifs is 1. The van der Waals surface area contributed by atoms with Crippen molar-refractivity contribution >= 4 is 33.5 Å². The minimum absolute atomic E-state index is 0.0267. The van der Waals surface area contributed by atoms with E-state index in [1.54, 1.807) is 0 Å². The molecular weight excluding hydrogens is 536 g/mol. The van der Waals surface area contributed by atoms with E-state index in [1.165, 1.54) is 32.0 Å². The number of hydrogen-bond acceptors (Lipinski definition) is 6. The molecule has 2 aromatic carbocycles. The number of nitrogens with one attached hydrogen (secondary N) is 1. The number of aliphatic carboxylic acids is 1. The van der Waals surface area contributed by atoms with Gasteiger partial charge in [0.1, 0.15) is 17.7 Å². The fourth-order valence-electron chi connectivity index (χ4n) is 3.67. The second-order valence-corrected chi connectivity index (χ2v) is 11.1. The van der Waals surface area contributed by atoms with Gasteiger partial charge >= 0.3 is 18.2 Å². The number of alkyl halides is 3. The maximum Gasteiger partial charge on any atom is 0.427 e. The zero-order valence-corrected chi connectivity index (χ0v) is 21.7. The fraction of sp³-hybridized carbons (Fsp3) is 0.417. The van der Waals surface area contributed by atoms with Gasteiger partial charge in [0, 0.05) is 12.1 Å². The van der Waals surface area contributed by atoms with Gasteiger partial charge in [0.2, 0.25) is 5.60 Å². The van der Waals surface area contributed by atoms with Gasteiger partial charge in [-0.3, -0.25) is 14.4 Å². The van der Waals surface area contributed by atoms with E-state index in [9.17, 15) is 35.6 Å². The standard InChI is InChI=1S/C24H26F4N2O7S/c1-13-9-17(10-14(2)21(13)25)38(34,35)30-12-16(6-8-20(31)32)36-19-7-5-15(11-18(19)30)29-22(33)37-23(3,4)24(26,27)28/h5,7,9-11,16H,6,8,12H2,1-4H3,(H,29,33)(H,31,32). The van der Waals surface area contributed by atoms with E-state index in [1.807, 2.05) is 0 Å². The normalized spacial score (nSPS) is 15.9. The van der Waals surface area contributed by atoms with Gasteiger partial charge in [-0.15, -0.1) is 0 Å². The van der Waals surface area contributed by atoms with Crippen molar-refractivity contribution in [1.29, 1.82) is 0 Å². The highest BCUT2D eigenvalue weighted by Crippen LogP contribution is 2.40. The molecule has 14 heteroatoms. The second-order valence-electron chi connectivity index (χ2n) is 9.28. The Hall–Kier alpha value is -3.55. The molecule has 0 saturated carbocycles. The van der Waals surface area contributed by atoms with Gasteiger partial charge in [0.15, 0.2) is 0 Å². The third kappa shape index (κ3) is 6.11. The number of halogens is 4. The van der Waals surface area contributed by atoms with Gasteiger partial charge in [0.05, 0.1) is 17.1 Å². The molecule has 2 aromatic rings. The summed E-state index contributed by atoms with van der Waals surface area (Å²) in [4.78, 5) is 23.0. The number of carboxylic acids is 1. The number of amides is 1. The van der Waals surface area contributed by atoms with Crippen LogP contribution in [0, 0.1) is 19.7 Å². The SMILES string of the molecule is Cc1cc(S(=O)(=O)N2CC(CCC(=O)O)Oc3ccc(NC(=O)OC(C)(C)C(F)(F)F)cc32)cc(C)c1F. The van der Waals surface area contributed by atoms with Crippen LogP contribution in [0.1, 0.15) is 37.8 Å². The second kappa shape index (κ2) is 10.3. The van der Waals surface area contributed by atoms with Gasteiger partial charge in [0.25, 0.3) is 10.0 Å². The molecule has 1 heterocycles. The van der Waals surface area contributed by atoms with Crippen LogP contribution in [0.2, 0.25) is 0 Å². The first kappa shape index (κ1) is 29.0. The van der Waals surface area contributed by atoms with E-state index in [-0.39, 0.29) is 52.5 Å². The fourth-order valence-corrected chi connectivity index (χ4v) is 5.34. The summed E-state index contributed by atoms with van der Waals surface area (Å²) >= 11 is 0. The number of hydrogen-bond donors (Lipinski definition) is 2. The number of carbonyl (C=O) groups is 2. The van der Waals surface area contributed by atoms with Crippen LogP contribution in [-0.2, 0) is 19.6 Å². The summed E-state index contributed by atoms with van der Waals surface area (Å²) in [6, 6.07) is 6.02. The summed E-state index contributed by atoms with van der Waals surface area (Å²) in [6.07, 6.45) is -7.45. The highest BCUT2D eigenvalue weighted by molar-refractivity contribution is 7.92. The molecule has 0 aliphatic carbocycles. The van der Waals surface area contributed by atoms with Crippen LogP contribution in [0.5, 0.6) is 5.75 Å². The van der Waals surface area contributed by atoms with Gasteiger partial charge in [-0.2, -0.15) is 13.2 Å². The molecule has 0 fully saturated rings. The lowest BCUT2D eigenvalue weighted by Crippen LogP contribution is -2.44. The van der Waals surface area contributed by atoms with Crippen molar-refractivity contribution in [2.75, 3.05) is 16.2 Å². The summed E-state index contributed by atoms with van der Waals surface area (Å²) in [5.74, 6) is -1.66. The average molecular weight is 563 g/mol. The van der Waals surface area contributed by atoms with E-state index >= 15 is 0 Å². The topological polar surface area (TPSA) is 122 Å². The molecule has 1 aliphatic rings. The summed E-state index contributed by atoms with van der Waals surface area (Å²) in [5.41, 5.74) is -2.77. The first-order chi connectivity index (χ1) is 17.4. The highest BCUT2D eigenvalue weighted by Gasteiger charge is 2.51. The zero-order valence-electron chi connectivity index (χ0n) is 20.8. The van der Waals surface area contributed by atoms with Crippen LogP contribution in [0.3, 0.4) is 0 Å². The minimum atomic E-state index is -4.84. The lowest BCUT2D eigenvalue weighted by atomic mass is 10.1. The molecule has 0 bridgehead atoms. The number of rotatable bonds is 7. The number of benzene rings is 2. The molecule has 0 radical (unpaired) electrons.